The first kappa shape index (κ1) is 29.4. The van der Waals surface area contributed by atoms with Crippen LogP contribution in [-0.4, -0.2) is 33.0 Å². The number of methoxy groups -OCH3 is 2. The fourth-order valence-corrected chi connectivity index (χ4v) is 4.15. The van der Waals surface area contributed by atoms with Gasteiger partial charge in [0, 0.05) is 18.9 Å². The molecule has 3 aromatic rings. The van der Waals surface area contributed by atoms with E-state index in [0.717, 1.165) is 41.9 Å². The van der Waals surface area contributed by atoms with Gasteiger partial charge in [-0.05, 0) is 53.8 Å². The molecule has 0 aromatic heterocycles. The van der Waals surface area contributed by atoms with Crippen LogP contribution in [0.25, 0.3) is 0 Å². The normalized spacial score (nSPS) is 13.4. The van der Waals surface area contributed by atoms with Crippen LogP contribution in [0.2, 0.25) is 0 Å². The molecule has 0 saturated heterocycles. The molecule has 0 aliphatic heterocycles. The van der Waals surface area contributed by atoms with Gasteiger partial charge in [-0.2, -0.15) is 0 Å². The van der Waals surface area contributed by atoms with Crippen molar-refractivity contribution in [1.82, 2.24) is 0 Å². The van der Waals surface area contributed by atoms with Gasteiger partial charge in [-0.1, -0.05) is 67.6 Å². The number of rotatable bonds is 18. The second kappa shape index (κ2) is 16.7. The van der Waals surface area contributed by atoms with Gasteiger partial charge in [0.2, 0.25) is 0 Å². The van der Waals surface area contributed by atoms with Crippen molar-refractivity contribution in [3.05, 3.63) is 108 Å². The largest absolute Gasteiger partial charge is 0.497 e. The molecule has 0 amide bonds. The van der Waals surface area contributed by atoms with E-state index < -0.39 is 0 Å². The number of hydrogen-bond acceptors (Lipinski definition) is 5. The molecule has 38 heavy (non-hydrogen) atoms. The Labute approximate surface area is 228 Å². The summed E-state index contributed by atoms with van der Waals surface area (Å²) in [6.45, 7) is 8.54. The molecule has 0 fully saturated rings. The zero-order valence-electron chi connectivity index (χ0n) is 23.0. The van der Waals surface area contributed by atoms with E-state index in [4.69, 9.17) is 23.7 Å². The van der Waals surface area contributed by atoms with Crippen molar-refractivity contribution in [3.8, 4) is 11.5 Å². The zero-order valence-corrected chi connectivity index (χ0v) is 23.0. The van der Waals surface area contributed by atoms with Crippen LogP contribution in [0, 0.1) is 5.92 Å². The third kappa shape index (κ3) is 10.3. The van der Waals surface area contributed by atoms with Crippen LogP contribution in [0.3, 0.4) is 0 Å². The minimum Gasteiger partial charge on any atom is -0.497 e. The second-order valence-corrected chi connectivity index (χ2v) is 9.49. The fraction of sp³-hybridized carbons (Fsp3) is 0.394. The molecule has 5 nitrogen and oxygen atoms in total. The fourth-order valence-electron chi connectivity index (χ4n) is 4.15. The van der Waals surface area contributed by atoms with E-state index in [1.165, 1.54) is 5.56 Å². The van der Waals surface area contributed by atoms with Gasteiger partial charge in [0.1, 0.15) is 11.5 Å². The first-order chi connectivity index (χ1) is 18.6. The van der Waals surface area contributed by atoms with E-state index in [9.17, 15) is 0 Å². The van der Waals surface area contributed by atoms with Gasteiger partial charge in [0.05, 0.1) is 46.2 Å². The Balaban J connectivity index is 1.58. The highest BCUT2D eigenvalue weighted by Gasteiger charge is 2.22. The molecular formula is C33H42O5. The molecule has 204 valence electrons. The van der Waals surface area contributed by atoms with Gasteiger partial charge >= 0.3 is 0 Å². The van der Waals surface area contributed by atoms with Crippen LogP contribution in [0.15, 0.2) is 91.5 Å². The third-order valence-corrected chi connectivity index (χ3v) is 6.65. The standard InChI is InChI=1S/C33H42O5/c1-5-26(2)33(38-25-29-15-19-31(35-4)20-16-29)22-32(37-24-28-13-17-30(34-3)18-14-28)12-9-21-36-23-27-10-7-6-8-11-27/h5-8,10-11,13-20,26,32-33H,1,9,12,21-25H2,2-4H3/t26-,32-,33+/m1/s1. The van der Waals surface area contributed by atoms with E-state index in [-0.39, 0.29) is 18.1 Å². The highest BCUT2D eigenvalue weighted by Crippen LogP contribution is 2.23. The minimum absolute atomic E-state index is 0.0132. The van der Waals surface area contributed by atoms with Crippen molar-refractivity contribution >= 4 is 0 Å². The average molecular weight is 519 g/mol. The van der Waals surface area contributed by atoms with Crippen LogP contribution >= 0.6 is 0 Å². The number of ether oxygens (including phenoxy) is 5. The highest BCUT2D eigenvalue weighted by atomic mass is 16.5. The van der Waals surface area contributed by atoms with Gasteiger partial charge in [0.15, 0.2) is 0 Å². The Kier molecular flexibility index (Phi) is 12.9. The SMILES string of the molecule is C=C[C@@H](C)[C@H](C[C@@H](CCCOCc1ccccc1)OCc1ccc(OC)cc1)OCc1ccc(OC)cc1. The second-order valence-electron chi connectivity index (χ2n) is 9.49. The van der Waals surface area contributed by atoms with Gasteiger partial charge in [-0.3, -0.25) is 0 Å². The van der Waals surface area contributed by atoms with E-state index in [2.05, 4.69) is 25.6 Å². The molecule has 0 bridgehead atoms. The topological polar surface area (TPSA) is 46.2 Å². The maximum absolute atomic E-state index is 6.45. The molecule has 0 saturated carbocycles. The molecule has 0 aliphatic rings. The van der Waals surface area contributed by atoms with E-state index in [1.54, 1.807) is 14.2 Å². The summed E-state index contributed by atoms with van der Waals surface area (Å²) in [5.41, 5.74) is 3.41. The summed E-state index contributed by atoms with van der Waals surface area (Å²) in [4.78, 5) is 0. The smallest absolute Gasteiger partial charge is 0.118 e. The van der Waals surface area contributed by atoms with Crippen molar-refractivity contribution in [2.24, 2.45) is 5.92 Å². The summed E-state index contributed by atoms with van der Waals surface area (Å²) in [6, 6.07) is 26.3. The summed E-state index contributed by atoms with van der Waals surface area (Å²) in [6.07, 6.45) is 4.55. The lowest BCUT2D eigenvalue weighted by Crippen LogP contribution is -2.28. The van der Waals surface area contributed by atoms with E-state index >= 15 is 0 Å². The van der Waals surface area contributed by atoms with Crippen molar-refractivity contribution < 1.29 is 23.7 Å². The first-order valence-electron chi connectivity index (χ1n) is 13.3. The molecule has 0 radical (unpaired) electrons. The summed E-state index contributed by atoms with van der Waals surface area (Å²) in [5.74, 6) is 1.87. The van der Waals surface area contributed by atoms with Crippen LogP contribution < -0.4 is 9.47 Å². The monoisotopic (exact) mass is 518 g/mol. The van der Waals surface area contributed by atoms with Crippen LogP contribution in [0.4, 0.5) is 0 Å². The van der Waals surface area contributed by atoms with Gasteiger partial charge in [0.25, 0.3) is 0 Å². The molecule has 0 N–H and O–H groups in total. The van der Waals surface area contributed by atoms with Crippen LogP contribution in [0.5, 0.6) is 11.5 Å². The summed E-state index contributed by atoms with van der Waals surface area (Å²) in [7, 11) is 3.35. The van der Waals surface area contributed by atoms with Gasteiger partial charge < -0.3 is 23.7 Å². The number of benzene rings is 3. The third-order valence-electron chi connectivity index (χ3n) is 6.65. The van der Waals surface area contributed by atoms with Crippen molar-refractivity contribution in [1.29, 1.82) is 0 Å². The zero-order chi connectivity index (χ0) is 27.0. The Hall–Kier alpha value is -3.12. The summed E-state index contributed by atoms with van der Waals surface area (Å²) < 4.78 is 29.3. The van der Waals surface area contributed by atoms with Crippen molar-refractivity contribution in [2.45, 2.75) is 58.2 Å². The molecule has 5 heteroatoms. The lowest BCUT2D eigenvalue weighted by Gasteiger charge is -2.27. The molecule has 0 aliphatic carbocycles. The predicted molar refractivity (Wildman–Crippen MR) is 152 cm³/mol. The molecule has 0 heterocycles. The Morgan fingerprint density at radius 3 is 1.82 bits per heavy atom. The molecule has 3 aromatic carbocycles. The summed E-state index contributed by atoms with van der Waals surface area (Å²) >= 11 is 0. The van der Waals surface area contributed by atoms with Crippen molar-refractivity contribution in [3.63, 3.8) is 0 Å². The predicted octanol–water partition coefficient (Wildman–Crippen LogP) is 7.38. The molecule has 3 rings (SSSR count). The lowest BCUT2D eigenvalue weighted by molar-refractivity contribution is -0.0472. The molecule has 0 spiro atoms. The average Bonchev–Trinajstić information content (AvgIpc) is 2.98. The number of hydrogen-bond donors (Lipinski definition) is 0. The van der Waals surface area contributed by atoms with Crippen LogP contribution in [-0.2, 0) is 34.0 Å². The Morgan fingerprint density at radius 1 is 0.711 bits per heavy atom. The maximum atomic E-state index is 6.45. The lowest BCUT2D eigenvalue weighted by atomic mass is 9.96. The quantitative estimate of drug-likeness (QED) is 0.130. The van der Waals surface area contributed by atoms with Gasteiger partial charge in [-0.15, -0.1) is 6.58 Å². The first-order valence-corrected chi connectivity index (χ1v) is 13.3. The molecule has 3 atom stereocenters. The van der Waals surface area contributed by atoms with Crippen LogP contribution in [0.1, 0.15) is 42.9 Å². The summed E-state index contributed by atoms with van der Waals surface area (Å²) in [5, 5.41) is 0. The minimum atomic E-state index is -0.0132. The van der Waals surface area contributed by atoms with Crippen molar-refractivity contribution in [2.75, 3.05) is 20.8 Å². The molecule has 0 unspecified atom stereocenters. The van der Waals surface area contributed by atoms with E-state index in [1.807, 2.05) is 72.8 Å². The van der Waals surface area contributed by atoms with E-state index in [0.29, 0.717) is 26.4 Å². The Morgan fingerprint density at radius 2 is 1.26 bits per heavy atom. The highest BCUT2D eigenvalue weighted by molar-refractivity contribution is 5.27. The maximum Gasteiger partial charge on any atom is 0.118 e. The Bertz CT molecular complexity index is 1030. The molecular weight excluding hydrogens is 476 g/mol. The van der Waals surface area contributed by atoms with Gasteiger partial charge in [-0.25, -0.2) is 0 Å².